The third-order valence-electron chi connectivity index (χ3n) is 4.93. The average Bonchev–Trinajstić information content (AvgIpc) is 2.67. The van der Waals surface area contributed by atoms with E-state index in [0.717, 1.165) is 36.7 Å². The predicted molar refractivity (Wildman–Crippen MR) is 111 cm³/mol. The summed E-state index contributed by atoms with van der Waals surface area (Å²) in [6.07, 6.45) is 1.92. The van der Waals surface area contributed by atoms with Gasteiger partial charge in [0.15, 0.2) is 0 Å². The number of piperidine rings is 1. The highest BCUT2D eigenvalue weighted by molar-refractivity contribution is 5.52. The molecule has 1 aliphatic rings. The Morgan fingerprint density at radius 1 is 1.31 bits per heavy atom. The van der Waals surface area contributed by atoms with Gasteiger partial charge in [0.05, 0.1) is 29.6 Å². The fourth-order valence-corrected chi connectivity index (χ4v) is 3.48. The van der Waals surface area contributed by atoms with E-state index in [0.29, 0.717) is 24.4 Å². The minimum absolute atomic E-state index is 0.136. The van der Waals surface area contributed by atoms with Crippen molar-refractivity contribution in [3.63, 3.8) is 0 Å². The molecule has 2 heterocycles. The molecule has 3 rings (SSSR count). The van der Waals surface area contributed by atoms with Crippen LogP contribution in [-0.4, -0.2) is 36.2 Å². The summed E-state index contributed by atoms with van der Waals surface area (Å²) in [5.41, 5.74) is 1.53. The van der Waals surface area contributed by atoms with Crippen LogP contribution in [0.15, 0.2) is 24.3 Å². The van der Waals surface area contributed by atoms with Crippen LogP contribution in [0.25, 0.3) is 0 Å². The number of ether oxygens (including phenoxy) is 1. The first-order valence-electron chi connectivity index (χ1n) is 9.88. The Morgan fingerprint density at radius 3 is 2.76 bits per heavy atom. The van der Waals surface area contributed by atoms with Gasteiger partial charge in [-0.15, -0.1) is 0 Å². The molecule has 1 atom stereocenters. The minimum atomic E-state index is -0.357. The third kappa shape index (κ3) is 5.21. The fourth-order valence-electron chi connectivity index (χ4n) is 3.48. The number of halogens is 1. The van der Waals surface area contributed by atoms with Crippen LogP contribution in [0, 0.1) is 17.1 Å². The van der Waals surface area contributed by atoms with E-state index < -0.39 is 0 Å². The van der Waals surface area contributed by atoms with Gasteiger partial charge in [0.1, 0.15) is 17.5 Å². The lowest BCUT2D eigenvalue weighted by molar-refractivity contribution is 0.181. The van der Waals surface area contributed by atoms with Crippen LogP contribution >= 0.6 is 0 Å². The monoisotopic (exact) mass is 397 g/mol. The van der Waals surface area contributed by atoms with Crippen molar-refractivity contribution >= 4 is 11.5 Å². The molecule has 0 saturated carbocycles. The number of nitrogens with zero attached hydrogens (tertiary/aromatic N) is 4. The van der Waals surface area contributed by atoms with Crippen molar-refractivity contribution < 1.29 is 9.13 Å². The molecule has 6 nitrogen and oxygen atoms in total. The summed E-state index contributed by atoms with van der Waals surface area (Å²) < 4.78 is 19.7. The molecular weight excluding hydrogens is 369 g/mol. The second kappa shape index (κ2) is 8.75. The van der Waals surface area contributed by atoms with Crippen molar-refractivity contribution in [2.75, 3.05) is 30.4 Å². The van der Waals surface area contributed by atoms with Gasteiger partial charge in [0.2, 0.25) is 0 Å². The number of aromatic nitrogens is 2. The van der Waals surface area contributed by atoms with Crippen molar-refractivity contribution in [2.24, 2.45) is 0 Å². The standard InChI is InChI=1S/C22H28FN5O/c1-22(2,3)21-26-17(14-29-4)11-20(27-21)25-16-6-5-9-28(13-16)19-8-7-15(12-24)10-18(19)23/h7-8,10-11,16H,5-6,9,13-14H2,1-4H3,(H,25,26,27). The van der Waals surface area contributed by atoms with Crippen LogP contribution in [0.5, 0.6) is 0 Å². The van der Waals surface area contributed by atoms with Crippen LogP contribution in [0.4, 0.5) is 15.9 Å². The van der Waals surface area contributed by atoms with E-state index in [1.165, 1.54) is 6.07 Å². The number of benzene rings is 1. The first-order valence-corrected chi connectivity index (χ1v) is 9.88. The van der Waals surface area contributed by atoms with E-state index >= 15 is 0 Å². The molecule has 7 heteroatoms. The van der Waals surface area contributed by atoms with Crippen LogP contribution in [0.2, 0.25) is 0 Å². The largest absolute Gasteiger partial charge is 0.378 e. The Hall–Kier alpha value is -2.72. The average molecular weight is 397 g/mol. The molecule has 1 aromatic carbocycles. The van der Waals surface area contributed by atoms with Crippen LogP contribution in [-0.2, 0) is 16.8 Å². The number of hydrogen-bond donors (Lipinski definition) is 1. The molecule has 1 aliphatic heterocycles. The molecule has 0 spiro atoms. The molecule has 0 radical (unpaired) electrons. The molecule has 1 unspecified atom stereocenters. The molecule has 0 aliphatic carbocycles. The predicted octanol–water partition coefficient (Wildman–Crippen LogP) is 4.01. The lowest BCUT2D eigenvalue weighted by atomic mass is 9.95. The van der Waals surface area contributed by atoms with Crippen molar-refractivity contribution in [2.45, 2.75) is 51.7 Å². The van der Waals surface area contributed by atoms with Gasteiger partial charge in [-0.05, 0) is 31.0 Å². The van der Waals surface area contributed by atoms with Gasteiger partial charge in [-0.3, -0.25) is 0 Å². The molecule has 29 heavy (non-hydrogen) atoms. The van der Waals surface area contributed by atoms with E-state index in [2.05, 4.69) is 31.1 Å². The van der Waals surface area contributed by atoms with Crippen molar-refractivity contribution in [3.05, 3.63) is 47.2 Å². The summed E-state index contributed by atoms with van der Waals surface area (Å²) in [4.78, 5) is 11.4. The normalized spacial score (nSPS) is 17.1. The molecule has 1 saturated heterocycles. The Balaban J connectivity index is 1.78. The summed E-state index contributed by atoms with van der Waals surface area (Å²) in [6.45, 7) is 8.12. The van der Waals surface area contributed by atoms with E-state index in [1.807, 2.05) is 17.0 Å². The molecular formula is C22H28FN5O. The molecule has 2 aromatic rings. The molecule has 1 fully saturated rings. The Kier molecular flexibility index (Phi) is 6.33. The molecule has 1 N–H and O–H groups in total. The number of hydrogen-bond acceptors (Lipinski definition) is 6. The zero-order valence-corrected chi connectivity index (χ0v) is 17.5. The second-order valence-electron chi connectivity index (χ2n) is 8.46. The SMILES string of the molecule is COCc1cc(NC2CCCN(c3ccc(C#N)cc3F)C2)nc(C(C)(C)C)n1. The second-order valence-corrected chi connectivity index (χ2v) is 8.46. The van der Waals surface area contributed by atoms with Gasteiger partial charge in [0.25, 0.3) is 0 Å². The Labute approximate surface area is 171 Å². The van der Waals surface area contributed by atoms with Gasteiger partial charge in [0, 0.05) is 37.7 Å². The molecule has 0 bridgehead atoms. The topological polar surface area (TPSA) is 74.1 Å². The van der Waals surface area contributed by atoms with E-state index in [4.69, 9.17) is 15.0 Å². The van der Waals surface area contributed by atoms with Gasteiger partial charge in [-0.1, -0.05) is 20.8 Å². The van der Waals surface area contributed by atoms with Crippen LogP contribution < -0.4 is 10.2 Å². The van der Waals surface area contributed by atoms with E-state index in [-0.39, 0.29) is 17.3 Å². The zero-order valence-electron chi connectivity index (χ0n) is 17.5. The lowest BCUT2D eigenvalue weighted by Crippen LogP contribution is -2.42. The Bertz CT molecular complexity index is 903. The number of anilines is 2. The number of rotatable bonds is 5. The van der Waals surface area contributed by atoms with Crippen molar-refractivity contribution in [1.29, 1.82) is 5.26 Å². The summed E-state index contributed by atoms with van der Waals surface area (Å²) in [5.74, 6) is 1.17. The molecule has 154 valence electrons. The first kappa shape index (κ1) is 21.0. The van der Waals surface area contributed by atoms with Gasteiger partial charge in [-0.25, -0.2) is 14.4 Å². The first-order chi connectivity index (χ1) is 13.8. The highest BCUT2D eigenvalue weighted by atomic mass is 19.1. The summed E-state index contributed by atoms with van der Waals surface area (Å²) in [7, 11) is 1.65. The maximum Gasteiger partial charge on any atom is 0.147 e. The smallest absolute Gasteiger partial charge is 0.147 e. The highest BCUT2D eigenvalue weighted by Crippen LogP contribution is 2.26. The van der Waals surface area contributed by atoms with Gasteiger partial charge < -0.3 is 15.0 Å². The van der Waals surface area contributed by atoms with Crippen LogP contribution in [0.1, 0.15) is 50.7 Å². The summed E-state index contributed by atoms with van der Waals surface area (Å²) in [6, 6.07) is 8.67. The summed E-state index contributed by atoms with van der Waals surface area (Å²) >= 11 is 0. The highest BCUT2D eigenvalue weighted by Gasteiger charge is 2.24. The van der Waals surface area contributed by atoms with Gasteiger partial charge in [-0.2, -0.15) is 5.26 Å². The Morgan fingerprint density at radius 2 is 2.10 bits per heavy atom. The van der Waals surface area contributed by atoms with E-state index in [1.54, 1.807) is 19.2 Å². The zero-order chi connectivity index (χ0) is 21.0. The number of nitriles is 1. The fraction of sp³-hybridized carbons (Fsp3) is 0.500. The maximum atomic E-state index is 14.4. The van der Waals surface area contributed by atoms with Crippen LogP contribution in [0.3, 0.4) is 0 Å². The third-order valence-corrected chi connectivity index (χ3v) is 4.93. The summed E-state index contributed by atoms with van der Waals surface area (Å²) in [5, 5.41) is 12.5. The number of nitrogens with one attached hydrogen (secondary N) is 1. The quantitative estimate of drug-likeness (QED) is 0.822. The molecule has 0 amide bonds. The number of methoxy groups -OCH3 is 1. The van der Waals surface area contributed by atoms with Crippen molar-refractivity contribution in [1.82, 2.24) is 9.97 Å². The minimum Gasteiger partial charge on any atom is -0.378 e. The molecule has 1 aromatic heterocycles. The van der Waals surface area contributed by atoms with Crippen molar-refractivity contribution in [3.8, 4) is 6.07 Å². The van der Waals surface area contributed by atoms with E-state index in [9.17, 15) is 4.39 Å². The lowest BCUT2D eigenvalue weighted by Gasteiger charge is -2.35. The maximum absolute atomic E-state index is 14.4. The van der Waals surface area contributed by atoms with Gasteiger partial charge >= 0.3 is 0 Å².